The van der Waals surface area contributed by atoms with Crippen LogP contribution in [0.3, 0.4) is 0 Å². The van der Waals surface area contributed by atoms with Gasteiger partial charge in [0.15, 0.2) is 0 Å². The molecule has 6 nitrogen and oxygen atoms in total. The second kappa shape index (κ2) is 6.98. The molecule has 1 fully saturated rings. The number of aliphatic hydroxyl groups excluding tert-OH is 1. The van der Waals surface area contributed by atoms with E-state index in [0.717, 1.165) is 13.1 Å². The third kappa shape index (κ3) is 3.51. The lowest BCUT2D eigenvalue weighted by Crippen LogP contribution is -2.37. The zero-order valence-electron chi connectivity index (χ0n) is 12.7. The Kier molecular flexibility index (Phi) is 4.80. The van der Waals surface area contributed by atoms with Gasteiger partial charge in [0.05, 0.1) is 29.9 Å². The van der Waals surface area contributed by atoms with E-state index >= 15 is 0 Å². The number of β-amino-alcohol motifs (C(OH)–C–C–N with tert-alkyl or cyclic N) is 1. The summed E-state index contributed by atoms with van der Waals surface area (Å²) in [5, 5.41) is 10.8. The number of nitrogens with zero attached hydrogens (tertiary/aromatic N) is 4. The van der Waals surface area contributed by atoms with Crippen LogP contribution in [0, 0.1) is 0 Å². The fraction of sp³-hybridized carbons (Fsp3) is 0.562. The highest BCUT2D eigenvalue weighted by molar-refractivity contribution is 5.75. The van der Waals surface area contributed by atoms with Crippen LogP contribution in [0.15, 0.2) is 29.6 Å². The summed E-state index contributed by atoms with van der Waals surface area (Å²) in [5.74, 6) is 0. The Bertz CT molecular complexity index is 677. The van der Waals surface area contributed by atoms with Crippen molar-refractivity contribution in [1.29, 1.82) is 0 Å². The zero-order chi connectivity index (χ0) is 15.4. The maximum atomic E-state index is 12.4. The van der Waals surface area contributed by atoms with Crippen molar-refractivity contribution in [2.75, 3.05) is 19.6 Å². The molecule has 0 spiro atoms. The summed E-state index contributed by atoms with van der Waals surface area (Å²) < 4.78 is 1.48. The lowest BCUT2D eigenvalue weighted by atomic mass is 10.2. The van der Waals surface area contributed by atoms with Crippen molar-refractivity contribution in [2.45, 2.75) is 38.3 Å². The van der Waals surface area contributed by atoms with Crippen molar-refractivity contribution in [2.24, 2.45) is 0 Å². The zero-order valence-corrected chi connectivity index (χ0v) is 12.7. The van der Waals surface area contributed by atoms with Gasteiger partial charge in [-0.1, -0.05) is 12.8 Å². The van der Waals surface area contributed by atoms with Gasteiger partial charge in [0, 0.05) is 18.9 Å². The average molecular weight is 302 g/mol. The minimum Gasteiger partial charge on any atom is -0.390 e. The molecule has 0 aromatic carbocycles. The number of hydrogen-bond acceptors (Lipinski definition) is 5. The fourth-order valence-corrected chi connectivity index (χ4v) is 3.04. The highest BCUT2D eigenvalue weighted by Crippen LogP contribution is 2.10. The van der Waals surface area contributed by atoms with Gasteiger partial charge in [-0.3, -0.25) is 14.3 Å². The molecule has 0 radical (unpaired) electrons. The molecule has 0 amide bonds. The molecule has 1 saturated heterocycles. The van der Waals surface area contributed by atoms with E-state index in [-0.39, 0.29) is 12.1 Å². The third-order valence-corrected chi connectivity index (χ3v) is 4.20. The second-order valence-electron chi connectivity index (χ2n) is 5.96. The van der Waals surface area contributed by atoms with E-state index in [2.05, 4.69) is 14.9 Å². The first-order valence-corrected chi connectivity index (χ1v) is 7.93. The smallest absolute Gasteiger partial charge is 0.262 e. The number of hydrogen-bond donors (Lipinski definition) is 1. The van der Waals surface area contributed by atoms with E-state index in [1.165, 1.54) is 42.8 Å². The van der Waals surface area contributed by atoms with Crippen molar-refractivity contribution < 1.29 is 5.11 Å². The molecule has 118 valence electrons. The normalized spacial score (nSPS) is 18.2. The topological polar surface area (TPSA) is 71.2 Å². The molecule has 1 N–H and O–H groups in total. The number of likely N-dealkylation sites (tertiary alicyclic amines) is 1. The average Bonchev–Trinajstić information content (AvgIpc) is 2.79. The minimum absolute atomic E-state index is 0.145. The van der Waals surface area contributed by atoms with E-state index in [4.69, 9.17) is 0 Å². The maximum absolute atomic E-state index is 12.4. The van der Waals surface area contributed by atoms with Gasteiger partial charge in [-0.05, 0) is 32.0 Å². The van der Waals surface area contributed by atoms with Crippen molar-refractivity contribution in [3.63, 3.8) is 0 Å². The summed E-state index contributed by atoms with van der Waals surface area (Å²) in [7, 11) is 0. The van der Waals surface area contributed by atoms with E-state index in [1.54, 1.807) is 12.3 Å². The lowest BCUT2D eigenvalue weighted by Gasteiger charge is -2.23. The molecule has 0 unspecified atom stereocenters. The van der Waals surface area contributed by atoms with Gasteiger partial charge in [-0.2, -0.15) is 0 Å². The molecule has 0 aliphatic carbocycles. The van der Waals surface area contributed by atoms with Gasteiger partial charge in [-0.15, -0.1) is 0 Å². The summed E-state index contributed by atoms with van der Waals surface area (Å²) in [6.07, 6.45) is 9.02. The molecule has 2 aromatic heterocycles. The number of aliphatic hydroxyl groups is 1. The van der Waals surface area contributed by atoms with Crippen LogP contribution in [0.4, 0.5) is 0 Å². The van der Waals surface area contributed by atoms with Crippen molar-refractivity contribution in [3.05, 3.63) is 35.1 Å². The first kappa shape index (κ1) is 15.1. The largest absolute Gasteiger partial charge is 0.390 e. The first-order chi connectivity index (χ1) is 10.7. The first-order valence-electron chi connectivity index (χ1n) is 7.93. The number of rotatable bonds is 4. The molecule has 3 rings (SSSR count). The maximum Gasteiger partial charge on any atom is 0.262 e. The fourth-order valence-electron chi connectivity index (χ4n) is 3.04. The Morgan fingerprint density at radius 3 is 2.73 bits per heavy atom. The molecule has 0 saturated carbocycles. The Morgan fingerprint density at radius 2 is 1.95 bits per heavy atom. The summed E-state index contributed by atoms with van der Waals surface area (Å²) >= 11 is 0. The van der Waals surface area contributed by atoms with Crippen molar-refractivity contribution >= 4 is 10.9 Å². The summed E-state index contributed by atoms with van der Waals surface area (Å²) in [6, 6.07) is 1.72. The second-order valence-corrected chi connectivity index (χ2v) is 5.96. The molecule has 6 heteroatoms. The summed E-state index contributed by atoms with van der Waals surface area (Å²) in [5.41, 5.74) is 0.492. The van der Waals surface area contributed by atoms with E-state index in [0.29, 0.717) is 17.4 Å². The monoisotopic (exact) mass is 302 g/mol. The standard InChI is InChI=1S/C16H22N4O2/c21-13(10-19-7-3-1-2-4-8-19)11-20-12-18-15-5-6-17-9-14(15)16(20)22/h5-6,9,12-13,21H,1-4,7-8,10-11H2/t13-/m0/s1. The Labute approximate surface area is 129 Å². The van der Waals surface area contributed by atoms with Crippen LogP contribution >= 0.6 is 0 Å². The molecule has 0 bridgehead atoms. The Balaban J connectivity index is 1.69. The van der Waals surface area contributed by atoms with Gasteiger partial charge >= 0.3 is 0 Å². The van der Waals surface area contributed by atoms with Crippen LogP contribution in [0.25, 0.3) is 10.9 Å². The molecule has 1 aliphatic rings. The van der Waals surface area contributed by atoms with Gasteiger partial charge < -0.3 is 10.0 Å². The van der Waals surface area contributed by atoms with E-state index in [1.807, 2.05) is 0 Å². The summed E-state index contributed by atoms with van der Waals surface area (Å²) in [4.78, 5) is 22.9. The number of aromatic nitrogens is 3. The number of pyridine rings is 1. The van der Waals surface area contributed by atoms with Crippen molar-refractivity contribution in [3.8, 4) is 0 Å². The predicted molar refractivity (Wildman–Crippen MR) is 84.7 cm³/mol. The van der Waals surface area contributed by atoms with Gasteiger partial charge in [-0.25, -0.2) is 4.98 Å². The molecular weight excluding hydrogens is 280 g/mol. The van der Waals surface area contributed by atoms with Crippen LogP contribution in [-0.2, 0) is 6.54 Å². The lowest BCUT2D eigenvalue weighted by molar-refractivity contribution is 0.0986. The van der Waals surface area contributed by atoms with Gasteiger partial charge in [0.1, 0.15) is 0 Å². The number of fused-ring (bicyclic) bond motifs is 1. The highest BCUT2D eigenvalue weighted by Gasteiger charge is 2.15. The molecule has 1 atom stereocenters. The van der Waals surface area contributed by atoms with Crippen LogP contribution in [-0.4, -0.2) is 50.3 Å². The van der Waals surface area contributed by atoms with E-state index < -0.39 is 6.10 Å². The molecule has 2 aromatic rings. The van der Waals surface area contributed by atoms with Gasteiger partial charge in [0.25, 0.3) is 5.56 Å². The van der Waals surface area contributed by atoms with Crippen LogP contribution < -0.4 is 5.56 Å². The van der Waals surface area contributed by atoms with E-state index in [9.17, 15) is 9.90 Å². The SMILES string of the molecule is O=c1c2cnccc2ncn1C[C@@H](O)CN1CCCCCC1. The molecular formula is C16H22N4O2. The Morgan fingerprint density at radius 1 is 1.18 bits per heavy atom. The molecule has 22 heavy (non-hydrogen) atoms. The minimum atomic E-state index is -0.563. The summed E-state index contributed by atoms with van der Waals surface area (Å²) in [6.45, 7) is 2.95. The van der Waals surface area contributed by atoms with Gasteiger partial charge in [0.2, 0.25) is 0 Å². The van der Waals surface area contributed by atoms with Crippen molar-refractivity contribution in [1.82, 2.24) is 19.4 Å². The third-order valence-electron chi connectivity index (χ3n) is 4.20. The predicted octanol–water partition coefficient (Wildman–Crippen LogP) is 1.03. The van der Waals surface area contributed by atoms with Crippen LogP contribution in [0.2, 0.25) is 0 Å². The quantitative estimate of drug-likeness (QED) is 0.913. The Hall–Kier alpha value is -1.79. The van der Waals surface area contributed by atoms with Crippen LogP contribution in [0.1, 0.15) is 25.7 Å². The molecule has 3 heterocycles. The molecule has 1 aliphatic heterocycles. The highest BCUT2D eigenvalue weighted by atomic mass is 16.3. The van der Waals surface area contributed by atoms with Crippen LogP contribution in [0.5, 0.6) is 0 Å².